The highest BCUT2D eigenvalue weighted by atomic mass is 15.1. The smallest absolute Gasteiger partial charge is 0.0456 e. The number of para-hydroxylation sites is 1. The Morgan fingerprint density at radius 1 is 1.32 bits per heavy atom. The fourth-order valence-corrected chi connectivity index (χ4v) is 3.95. The summed E-state index contributed by atoms with van der Waals surface area (Å²) < 4.78 is 0. The van der Waals surface area contributed by atoms with Crippen molar-refractivity contribution in [3.63, 3.8) is 0 Å². The van der Waals surface area contributed by atoms with Crippen molar-refractivity contribution in [1.29, 1.82) is 0 Å². The lowest BCUT2D eigenvalue weighted by atomic mass is 9.49. The van der Waals surface area contributed by atoms with Crippen LogP contribution in [0.4, 0.5) is 0 Å². The van der Waals surface area contributed by atoms with Crippen LogP contribution in [0.25, 0.3) is 10.9 Å². The summed E-state index contributed by atoms with van der Waals surface area (Å²) in [6, 6.07) is 9.25. The van der Waals surface area contributed by atoms with Gasteiger partial charge >= 0.3 is 0 Å². The largest absolute Gasteiger partial charge is 0.361 e. The Bertz CT molecular complexity index is 581. The van der Waals surface area contributed by atoms with Gasteiger partial charge in [0, 0.05) is 28.7 Å². The molecule has 3 saturated carbocycles. The summed E-state index contributed by atoms with van der Waals surface area (Å²) in [5.74, 6) is 1.05. The molecule has 19 heavy (non-hydrogen) atoms. The van der Waals surface area contributed by atoms with E-state index >= 15 is 0 Å². The van der Waals surface area contributed by atoms with Crippen molar-refractivity contribution >= 4 is 10.9 Å². The summed E-state index contributed by atoms with van der Waals surface area (Å²) >= 11 is 0. The Morgan fingerprint density at radius 3 is 2.79 bits per heavy atom. The molecule has 2 nitrogen and oxygen atoms in total. The predicted molar refractivity (Wildman–Crippen MR) is 79.3 cm³/mol. The van der Waals surface area contributed by atoms with Crippen LogP contribution in [0.3, 0.4) is 0 Å². The molecule has 3 fully saturated rings. The third kappa shape index (κ3) is 1.81. The average Bonchev–Trinajstić information content (AvgIpc) is 2.74. The molecule has 0 saturated heterocycles. The first-order chi connectivity index (χ1) is 9.28. The van der Waals surface area contributed by atoms with Gasteiger partial charge in [-0.25, -0.2) is 0 Å². The van der Waals surface area contributed by atoms with Gasteiger partial charge in [-0.1, -0.05) is 25.1 Å². The number of aromatic nitrogens is 1. The zero-order chi connectivity index (χ0) is 12.9. The predicted octanol–water partition coefficient (Wildman–Crippen LogP) is 3.63. The minimum atomic E-state index is 0.539. The number of hydrogen-bond acceptors (Lipinski definition) is 1. The molecule has 2 N–H and O–H groups in total. The monoisotopic (exact) mass is 254 g/mol. The fourth-order valence-electron chi connectivity index (χ4n) is 3.95. The van der Waals surface area contributed by atoms with E-state index in [1.165, 1.54) is 42.1 Å². The fraction of sp³-hybridized carbons (Fsp3) is 0.529. The molecule has 3 aliphatic carbocycles. The molecule has 2 bridgehead atoms. The first kappa shape index (κ1) is 11.5. The molecule has 1 aromatic carbocycles. The normalized spacial score (nSPS) is 29.8. The van der Waals surface area contributed by atoms with Crippen molar-refractivity contribution in [2.45, 2.75) is 50.6 Å². The highest BCUT2D eigenvalue weighted by Gasteiger charge is 2.56. The van der Waals surface area contributed by atoms with Crippen LogP contribution < -0.4 is 5.32 Å². The summed E-state index contributed by atoms with van der Waals surface area (Å²) in [6.45, 7) is 2.30. The third-order valence-corrected chi connectivity index (χ3v) is 5.18. The molecule has 0 spiro atoms. The van der Waals surface area contributed by atoms with Crippen molar-refractivity contribution in [1.82, 2.24) is 10.3 Å². The molecule has 1 atom stereocenters. The van der Waals surface area contributed by atoms with Crippen LogP contribution in [-0.2, 0) is 6.42 Å². The van der Waals surface area contributed by atoms with Crippen LogP contribution in [0, 0.1) is 5.92 Å². The van der Waals surface area contributed by atoms with Crippen molar-refractivity contribution < 1.29 is 0 Å². The number of nitrogens with one attached hydrogen (secondary N) is 2. The molecule has 0 aliphatic heterocycles. The van der Waals surface area contributed by atoms with Gasteiger partial charge in [-0.15, -0.1) is 0 Å². The molecular formula is C17H22N2. The minimum Gasteiger partial charge on any atom is -0.361 e. The summed E-state index contributed by atoms with van der Waals surface area (Å²) in [7, 11) is 0. The molecule has 1 aromatic heterocycles. The Labute approximate surface area is 114 Å². The molecule has 100 valence electrons. The van der Waals surface area contributed by atoms with Gasteiger partial charge < -0.3 is 10.3 Å². The highest BCUT2D eigenvalue weighted by molar-refractivity contribution is 5.83. The maximum atomic E-state index is 3.93. The van der Waals surface area contributed by atoms with Crippen LogP contribution in [0.15, 0.2) is 30.5 Å². The first-order valence-electron chi connectivity index (χ1n) is 7.61. The summed E-state index contributed by atoms with van der Waals surface area (Å²) in [5.41, 5.74) is 3.26. The summed E-state index contributed by atoms with van der Waals surface area (Å²) in [6.07, 6.45) is 8.84. The molecule has 0 radical (unpaired) electrons. The quantitative estimate of drug-likeness (QED) is 0.838. The Balaban J connectivity index is 1.52. The van der Waals surface area contributed by atoms with E-state index in [4.69, 9.17) is 0 Å². The molecule has 2 heteroatoms. The van der Waals surface area contributed by atoms with Gasteiger partial charge in [-0.3, -0.25) is 0 Å². The topological polar surface area (TPSA) is 27.8 Å². The van der Waals surface area contributed by atoms with E-state index < -0.39 is 0 Å². The van der Waals surface area contributed by atoms with Crippen LogP contribution in [0.1, 0.15) is 38.2 Å². The number of fused-ring (bicyclic) bond motifs is 1. The van der Waals surface area contributed by atoms with Gasteiger partial charge in [-0.2, -0.15) is 0 Å². The van der Waals surface area contributed by atoms with E-state index in [9.17, 15) is 0 Å². The molecule has 1 heterocycles. The van der Waals surface area contributed by atoms with Gasteiger partial charge in [0.15, 0.2) is 0 Å². The first-order valence-corrected chi connectivity index (χ1v) is 7.61. The van der Waals surface area contributed by atoms with E-state index in [0.717, 1.165) is 12.3 Å². The molecule has 2 aromatic rings. The molecule has 5 rings (SSSR count). The highest BCUT2D eigenvalue weighted by Crippen LogP contribution is 2.57. The third-order valence-electron chi connectivity index (χ3n) is 5.18. The maximum Gasteiger partial charge on any atom is 0.0456 e. The maximum absolute atomic E-state index is 3.93. The standard InChI is InChI=1S/C17H22N2/c1-2-14(19-17-8-12(9-17)10-17)7-13-11-18-16-6-4-3-5-15(13)16/h3-6,11-12,14,18-19H,2,7-10H2,1H3. The summed E-state index contributed by atoms with van der Waals surface area (Å²) in [5, 5.41) is 5.32. The molecule has 1 unspecified atom stereocenters. The second-order valence-electron chi connectivity index (χ2n) is 6.57. The lowest BCUT2D eigenvalue weighted by Gasteiger charge is -2.63. The van der Waals surface area contributed by atoms with Crippen molar-refractivity contribution in [2.75, 3.05) is 0 Å². The molecular weight excluding hydrogens is 232 g/mol. The van der Waals surface area contributed by atoms with E-state index in [1.807, 2.05) is 0 Å². The Morgan fingerprint density at radius 2 is 2.11 bits per heavy atom. The zero-order valence-electron chi connectivity index (χ0n) is 11.6. The van der Waals surface area contributed by atoms with Crippen LogP contribution in [0.5, 0.6) is 0 Å². The average molecular weight is 254 g/mol. The number of hydrogen-bond donors (Lipinski definition) is 2. The molecule has 3 aliphatic rings. The van der Waals surface area contributed by atoms with Crippen molar-refractivity contribution in [3.05, 3.63) is 36.0 Å². The lowest BCUT2D eigenvalue weighted by molar-refractivity contribution is -0.0590. The number of rotatable bonds is 5. The van der Waals surface area contributed by atoms with Crippen LogP contribution in [0.2, 0.25) is 0 Å². The van der Waals surface area contributed by atoms with Crippen molar-refractivity contribution in [3.8, 4) is 0 Å². The zero-order valence-corrected chi connectivity index (χ0v) is 11.6. The van der Waals surface area contributed by atoms with Crippen LogP contribution in [-0.4, -0.2) is 16.6 Å². The SMILES string of the molecule is CCC(Cc1c[nH]c2ccccc12)NC12CC(C1)C2. The minimum absolute atomic E-state index is 0.539. The number of H-pyrrole nitrogens is 1. The molecule has 0 amide bonds. The van der Waals surface area contributed by atoms with E-state index in [0.29, 0.717) is 11.6 Å². The van der Waals surface area contributed by atoms with Gasteiger partial charge in [0.05, 0.1) is 0 Å². The Hall–Kier alpha value is -1.28. The number of aromatic amines is 1. The van der Waals surface area contributed by atoms with E-state index in [2.05, 4.69) is 47.7 Å². The van der Waals surface area contributed by atoms with Crippen LogP contribution >= 0.6 is 0 Å². The van der Waals surface area contributed by atoms with Gasteiger partial charge in [0.2, 0.25) is 0 Å². The number of benzene rings is 1. The second kappa shape index (κ2) is 4.11. The summed E-state index contributed by atoms with van der Waals surface area (Å²) in [4.78, 5) is 3.39. The second-order valence-corrected chi connectivity index (χ2v) is 6.57. The van der Waals surface area contributed by atoms with E-state index in [1.54, 1.807) is 0 Å². The van der Waals surface area contributed by atoms with E-state index in [-0.39, 0.29) is 0 Å². The Kier molecular flexibility index (Phi) is 2.49. The van der Waals surface area contributed by atoms with Gasteiger partial charge in [0.25, 0.3) is 0 Å². The van der Waals surface area contributed by atoms with Crippen molar-refractivity contribution in [2.24, 2.45) is 5.92 Å². The van der Waals surface area contributed by atoms with Gasteiger partial charge in [-0.05, 0) is 49.7 Å². The lowest BCUT2D eigenvalue weighted by Crippen LogP contribution is -2.69. The van der Waals surface area contributed by atoms with Gasteiger partial charge in [0.1, 0.15) is 0 Å².